The van der Waals surface area contributed by atoms with E-state index in [1.54, 1.807) is 41.7 Å². The highest BCUT2D eigenvalue weighted by atomic mass is 32.1. The standard InChI is InChI=1S/C13H15N7S/c1-9(10-3-6-21-7-10)16-12-17-11(14-2)18-13(19-12)20-5-4-15-8-20/h3-9H,1-2H3,(H2,14,16,17,18,19). The molecule has 0 aromatic carbocycles. The zero-order valence-corrected chi connectivity index (χ0v) is 12.5. The third-order valence-corrected chi connectivity index (χ3v) is 3.67. The van der Waals surface area contributed by atoms with Crippen LogP contribution < -0.4 is 10.6 Å². The molecule has 0 aliphatic rings. The van der Waals surface area contributed by atoms with Crippen LogP contribution in [0.25, 0.3) is 5.95 Å². The number of nitrogens with zero attached hydrogens (tertiary/aromatic N) is 5. The van der Waals surface area contributed by atoms with E-state index in [-0.39, 0.29) is 6.04 Å². The van der Waals surface area contributed by atoms with Gasteiger partial charge in [0.1, 0.15) is 6.33 Å². The van der Waals surface area contributed by atoms with Crippen molar-refractivity contribution in [2.24, 2.45) is 0 Å². The van der Waals surface area contributed by atoms with Crippen LogP contribution in [0.4, 0.5) is 11.9 Å². The normalized spacial score (nSPS) is 12.1. The van der Waals surface area contributed by atoms with Gasteiger partial charge in [-0.05, 0) is 29.3 Å². The summed E-state index contributed by atoms with van der Waals surface area (Å²) in [4.78, 5) is 17.1. The monoisotopic (exact) mass is 301 g/mol. The summed E-state index contributed by atoms with van der Waals surface area (Å²) in [6, 6.07) is 2.21. The topological polar surface area (TPSA) is 80.5 Å². The van der Waals surface area contributed by atoms with E-state index in [4.69, 9.17) is 0 Å². The Hall–Kier alpha value is -2.48. The molecule has 3 rings (SSSR count). The van der Waals surface area contributed by atoms with Crippen LogP contribution in [0.5, 0.6) is 0 Å². The first-order valence-electron chi connectivity index (χ1n) is 6.47. The Labute approximate surface area is 126 Å². The number of anilines is 2. The van der Waals surface area contributed by atoms with E-state index in [1.165, 1.54) is 5.56 Å². The maximum Gasteiger partial charge on any atom is 0.241 e. The first-order chi connectivity index (χ1) is 10.3. The summed E-state index contributed by atoms with van der Waals surface area (Å²) in [7, 11) is 1.78. The minimum Gasteiger partial charge on any atom is -0.357 e. The summed E-state index contributed by atoms with van der Waals surface area (Å²) >= 11 is 1.67. The molecule has 0 radical (unpaired) electrons. The highest BCUT2D eigenvalue weighted by Crippen LogP contribution is 2.20. The largest absolute Gasteiger partial charge is 0.357 e. The molecule has 0 bridgehead atoms. The van der Waals surface area contributed by atoms with Gasteiger partial charge in [0.05, 0.1) is 6.04 Å². The number of rotatable bonds is 5. The van der Waals surface area contributed by atoms with E-state index in [9.17, 15) is 0 Å². The van der Waals surface area contributed by atoms with Gasteiger partial charge in [0.25, 0.3) is 0 Å². The molecule has 1 atom stereocenters. The molecule has 3 heterocycles. The minimum absolute atomic E-state index is 0.124. The van der Waals surface area contributed by atoms with Crippen molar-refractivity contribution >= 4 is 23.2 Å². The van der Waals surface area contributed by atoms with E-state index in [0.29, 0.717) is 17.8 Å². The summed E-state index contributed by atoms with van der Waals surface area (Å²) in [6.07, 6.45) is 5.13. The van der Waals surface area contributed by atoms with Crippen LogP contribution in [0.1, 0.15) is 18.5 Å². The zero-order valence-electron chi connectivity index (χ0n) is 11.7. The van der Waals surface area contributed by atoms with Gasteiger partial charge in [0.2, 0.25) is 17.8 Å². The molecule has 0 spiro atoms. The second kappa shape index (κ2) is 5.88. The number of aromatic nitrogens is 5. The van der Waals surface area contributed by atoms with Gasteiger partial charge in [0.15, 0.2) is 0 Å². The Kier molecular flexibility index (Phi) is 3.78. The number of imidazole rings is 1. The van der Waals surface area contributed by atoms with Crippen LogP contribution >= 0.6 is 11.3 Å². The van der Waals surface area contributed by atoms with E-state index in [2.05, 4.69) is 54.3 Å². The van der Waals surface area contributed by atoms with Crippen molar-refractivity contribution in [2.75, 3.05) is 17.7 Å². The Morgan fingerprint density at radius 1 is 1.24 bits per heavy atom. The summed E-state index contributed by atoms with van der Waals surface area (Å²) in [5, 5.41) is 10.4. The molecule has 1 unspecified atom stereocenters. The van der Waals surface area contributed by atoms with Gasteiger partial charge in [-0.1, -0.05) is 0 Å². The molecule has 0 saturated heterocycles. The maximum absolute atomic E-state index is 4.43. The lowest BCUT2D eigenvalue weighted by molar-refractivity contribution is 0.838. The van der Waals surface area contributed by atoms with Crippen LogP contribution in [0, 0.1) is 0 Å². The third kappa shape index (κ3) is 3.00. The number of nitrogens with one attached hydrogen (secondary N) is 2. The van der Waals surface area contributed by atoms with E-state index in [0.717, 1.165) is 0 Å². The van der Waals surface area contributed by atoms with Crippen molar-refractivity contribution in [1.82, 2.24) is 24.5 Å². The lowest BCUT2D eigenvalue weighted by Crippen LogP contribution is -2.13. The molecule has 0 aliphatic heterocycles. The van der Waals surface area contributed by atoms with Crippen molar-refractivity contribution in [3.8, 4) is 5.95 Å². The predicted octanol–water partition coefficient (Wildman–Crippen LogP) is 2.33. The van der Waals surface area contributed by atoms with E-state index >= 15 is 0 Å². The molecular weight excluding hydrogens is 286 g/mol. The van der Waals surface area contributed by atoms with Crippen LogP contribution in [0.3, 0.4) is 0 Å². The second-order valence-corrected chi connectivity index (χ2v) is 5.21. The summed E-state index contributed by atoms with van der Waals surface area (Å²) in [6.45, 7) is 2.07. The molecule has 108 valence electrons. The lowest BCUT2D eigenvalue weighted by atomic mass is 10.2. The average molecular weight is 301 g/mol. The van der Waals surface area contributed by atoms with Crippen LogP contribution in [0.15, 0.2) is 35.5 Å². The number of hydrogen-bond donors (Lipinski definition) is 2. The molecule has 0 aliphatic carbocycles. The lowest BCUT2D eigenvalue weighted by Gasteiger charge is -2.14. The molecule has 0 amide bonds. The quantitative estimate of drug-likeness (QED) is 0.753. The molecule has 0 fully saturated rings. The zero-order chi connectivity index (χ0) is 14.7. The van der Waals surface area contributed by atoms with Gasteiger partial charge in [-0.15, -0.1) is 0 Å². The average Bonchev–Trinajstić information content (AvgIpc) is 3.19. The number of thiophene rings is 1. The van der Waals surface area contributed by atoms with Crippen LogP contribution in [0.2, 0.25) is 0 Å². The fourth-order valence-electron chi connectivity index (χ4n) is 1.83. The Morgan fingerprint density at radius 2 is 2.10 bits per heavy atom. The summed E-state index contributed by atoms with van der Waals surface area (Å²) in [5.74, 6) is 1.55. The smallest absolute Gasteiger partial charge is 0.241 e. The van der Waals surface area contributed by atoms with Crippen molar-refractivity contribution in [2.45, 2.75) is 13.0 Å². The van der Waals surface area contributed by atoms with E-state index in [1.807, 2.05) is 0 Å². The SMILES string of the molecule is CNc1nc(NC(C)c2ccsc2)nc(-n2ccnc2)n1. The Balaban J connectivity index is 1.89. The second-order valence-electron chi connectivity index (χ2n) is 4.43. The first-order valence-corrected chi connectivity index (χ1v) is 7.41. The van der Waals surface area contributed by atoms with E-state index < -0.39 is 0 Å². The maximum atomic E-state index is 4.43. The van der Waals surface area contributed by atoms with Gasteiger partial charge in [-0.25, -0.2) is 4.98 Å². The van der Waals surface area contributed by atoms with Crippen molar-refractivity contribution in [3.63, 3.8) is 0 Å². The molecule has 0 saturated carbocycles. The van der Waals surface area contributed by atoms with Crippen molar-refractivity contribution in [1.29, 1.82) is 0 Å². The van der Waals surface area contributed by atoms with Crippen molar-refractivity contribution in [3.05, 3.63) is 41.1 Å². The molecular formula is C13H15N7S. The Morgan fingerprint density at radius 3 is 2.76 bits per heavy atom. The highest BCUT2D eigenvalue weighted by Gasteiger charge is 2.11. The molecule has 2 N–H and O–H groups in total. The van der Waals surface area contributed by atoms with Gasteiger partial charge in [-0.2, -0.15) is 26.3 Å². The highest BCUT2D eigenvalue weighted by molar-refractivity contribution is 7.07. The summed E-state index contributed by atoms with van der Waals surface area (Å²) in [5.41, 5.74) is 1.20. The first kappa shape index (κ1) is 13.5. The minimum atomic E-state index is 0.124. The molecule has 8 heteroatoms. The van der Waals surface area contributed by atoms with Gasteiger partial charge >= 0.3 is 0 Å². The fraction of sp³-hybridized carbons (Fsp3) is 0.231. The molecule has 21 heavy (non-hydrogen) atoms. The van der Waals surface area contributed by atoms with Gasteiger partial charge in [0, 0.05) is 19.4 Å². The van der Waals surface area contributed by atoms with Crippen LogP contribution in [-0.4, -0.2) is 31.6 Å². The third-order valence-electron chi connectivity index (χ3n) is 2.97. The van der Waals surface area contributed by atoms with Gasteiger partial charge < -0.3 is 10.6 Å². The number of hydrogen-bond acceptors (Lipinski definition) is 7. The van der Waals surface area contributed by atoms with Gasteiger partial charge in [-0.3, -0.25) is 4.57 Å². The Bertz CT molecular complexity index is 693. The van der Waals surface area contributed by atoms with Crippen LogP contribution in [-0.2, 0) is 0 Å². The predicted molar refractivity (Wildman–Crippen MR) is 82.9 cm³/mol. The summed E-state index contributed by atoms with van der Waals surface area (Å²) < 4.78 is 1.74. The molecule has 3 aromatic rings. The molecule has 3 aromatic heterocycles. The molecule has 7 nitrogen and oxygen atoms in total. The van der Waals surface area contributed by atoms with Crippen molar-refractivity contribution < 1.29 is 0 Å². The fourth-order valence-corrected chi connectivity index (χ4v) is 2.59.